The highest BCUT2D eigenvalue weighted by Crippen LogP contribution is 2.28. The molecule has 0 bridgehead atoms. The monoisotopic (exact) mass is 221 g/mol. The fourth-order valence-corrected chi connectivity index (χ4v) is 2.14. The van der Waals surface area contributed by atoms with Crippen LogP contribution in [0.15, 0.2) is 18.3 Å². The molecule has 1 fully saturated rings. The van der Waals surface area contributed by atoms with E-state index in [0.29, 0.717) is 6.54 Å². The SMILES string of the molecule is CC1(C)COCCN1c1cccnc1CN. The van der Waals surface area contributed by atoms with Crippen LogP contribution in [0.3, 0.4) is 0 Å². The first-order valence-electron chi connectivity index (χ1n) is 5.64. The van der Waals surface area contributed by atoms with Crippen molar-refractivity contribution in [2.24, 2.45) is 5.73 Å². The van der Waals surface area contributed by atoms with Gasteiger partial charge in [0.25, 0.3) is 0 Å². The summed E-state index contributed by atoms with van der Waals surface area (Å²) >= 11 is 0. The molecule has 2 heterocycles. The first-order valence-corrected chi connectivity index (χ1v) is 5.64. The molecule has 0 unspecified atom stereocenters. The van der Waals surface area contributed by atoms with Gasteiger partial charge in [-0.15, -0.1) is 0 Å². The van der Waals surface area contributed by atoms with Gasteiger partial charge in [-0.25, -0.2) is 0 Å². The third kappa shape index (κ3) is 2.03. The van der Waals surface area contributed by atoms with E-state index in [0.717, 1.165) is 31.1 Å². The molecule has 1 aromatic heterocycles. The molecule has 16 heavy (non-hydrogen) atoms. The molecule has 4 nitrogen and oxygen atoms in total. The number of ether oxygens (including phenoxy) is 1. The highest BCUT2D eigenvalue weighted by Gasteiger charge is 2.31. The number of morpholine rings is 1. The average molecular weight is 221 g/mol. The molecule has 1 aliphatic heterocycles. The van der Waals surface area contributed by atoms with Crippen molar-refractivity contribution in [3.05, 3.63) is 24.0 Å². The van der Waals surface area contributed by atoms with Crippen molar-refractivity contribution < 1.29 is 4.74 Å². The second-order valence-electron chi connectivity index (χ2n) is 4.69. The molecule has 0 saturated carbocycles. The molecule has 1 aliphatic rings. The van der Waals surface area contributed by atoms with Crippen molar-refractivity contribution in [1.82, 2.24) is 4.98 Å². The zero-order chi connectivity index (χ0) is 11.6. The van der Waals surface area contributed by atoms with E-state index in [2.05, 4.69) is 29.8 Å². The second-order valence-corrected chi connectivity index (χ2v) is 4.69. The van der Waals surface area contributed by atoms with Crippen LogP contribution < -0.4 is 10.6 Å². The Hall–Kier alpha value is -1.13. The van der Waals surface area contributed by atoms with Gasteiger partial charge in [0.15, 0.2) is 0 Å². The van der Waals surface area contributed by atoms with Gasteiger partial charge in [0, 0.05) is 19.3 Å². The molecule has 2 rings (SSSR count). The van der Waals surface area contributed by atoms with E-state index < -0.39 is 0 Å². The van der Waals surface area contributed by atoms with Gasteiger partial charge >= 0.3 is 0 Å². The summed E-state index contributed by atoms with van der Waals surface area (Å²) in [5.74, 6) is 0. The lowest BCUT2D eigenvalue weighted by Crippen LogP contribution is -2.53. The Morgan fingerprint density at radius 1 is 1.56 bits per heavy atom. The summed E-state index contributed by atoms with van der Waals surface area (Å²) < 4.78 is 5.52. The lowest BCUT2D eigenvalue weighted by atomic mass is 10.0. The maximum absolute atomic E-state index is 5.73. The number of pyridine rings is 1. The number of nitrogens with two attached hydrogens (primary N) is 1. The highest BCUT2D eigenvalue weighted by atomic mass is 16.5. The third-order valence-electron chi connectivity index (χ3n) is 3.00. The second kappa shape index (κ2) is 4.39. The molecular formula is C12H19N3O. The zero-order valence-electron chi connectivity index (χ0n) is 9.94. The first-order chi connectivity index (χ1) is 7.65. The summed E-state index contributed by atoms with van der Waals surface area (Å²) in [5, 5.41) is 0. The zero-order valence-corrected chi connectivity index (χ0v) is 9.94. The number of anilines is 1. The summed E-state index contributed by atoms with van der Waals surface area (Å²) in [6, 6.07) is 4.04. The van der Waals surface area contributed by atoms with Crippen molar-refractivity contribution in [2.45, 2.75) is 25.9 Å². The molecule has 4 heteroatoms. The summed E-state index contributed by atoms with van der Waals surface area (Å²) in [7, 11) is 0. The van der Waals surface area contributed by atoms with Gasteiger partial charge in [-0.3, -0.25) is 4.98 Å². The summed E-state index contributed by atoms with van der Waals surface area (Å²) in [4.78, 5) is 6.67. The minimum Gasteiger partial charge on any atom is -0.377 e. The topological polar surface area (TPSA) is 51.4 Å². The van der Waals surface area contributed by atoms with Gasteiger partial charge in [-0.2, -0.15) is 0 Å². The number of nitrogens with zero attached hydrogens (tertiary/aromatic N) is 2. The summed E-state index contributed by atoms with van der Waals surface area (Å²) in [6.45, 7) is 7.24. The van der Waals surface area contributed by atoms with E-state index in [4.69, 9.17) is 10.5 Å². The van der Waals surface area contributed by atoms with Gasteiger partial charge in [0.05, 0.1) is 30.1 Å². The maximum Gasteiger partial charge on any atom is 0.0772 e. The van der Waals surface area contributed by atoms with Gasteiger partial charge in [0.2, 0.25) is 0 Å². The quantitative estimate of drug-likeness (QED) is 0.814. The molecule has 0 spiro atoms. The van der Waals surface area contributed by atoms with Crippen LogP contribution in [0.25, 0.3) is 0 Å². The molecular weight excluding hydrogens is 202 g/mol. The molecule has 2 N–H and O–H groups in total. The van der Waals surface area contributed by atoms with Crippen LogP contribution >= 0.6 is 0 Å². The van der Waals surface area contributed by atoms with Gasteiger partial charge < -0.3 is 15.4 Å². The molecule has 1 aromatic rings. The van der Waals surface area contributed by atoms with Gasteiger partial charge in [-0.1, -0.05) is 0 Å². The standard InChI is InChI=1S/C12H19N3O/c1-12(2)9-16-7-6-15(12)11-4-3-5-14-10(11)8-13/h3-5H,6-9,13H2,1-2H3. The fraction of sp³-hybridized carbons (Fsp3) is 0.583. The Bertz CT molecular complexity index is 365. The van der Waals surface area contributed by atoms with Crippen LogP contribution in [0.2, 0.25) is 0 Å². The van der Waals surface area contributed by atoms with Gasteiger partial charge in [-0.05, 0) is 26.0 Å². The van der Waals surface area contributed by atoms with Crippen LogP contribution in [-0.2, 0) is 11.3 Å². The van der Waals surface area contributed by atoms with Crippen molar-refractivity contribution in [1.29, 1.82) is 0 Å². The smallest absolute Gasteiger partial charge is 0.0772 e. The lowest BCUT2D eigenvalue weighted by Gasteiger charge is -2.44. The van der Waals surface area contributed by atoms with E-state index in [-0.39, 0.29) is 5.54 Å². The average Bonchev–Trinajstić information content (AvgIpc) is 2.28. The Morgan fingerprint density at radius 2 is 2.38 bits per heavy atom. The Labute approximate surface area is 96.4 Å². The van der Waals surface area contributed by atoms with Crippen molar-refractivity contribution in [2.75, 3.05) is 24.7 Å². The Balaban J connectivity index is 2.34. The van der Waals surface area contributed by atoms with Crippen LogP contribution in [0.1, 0.15) is 19.5 Å². The predicted molar refractivity (Wildman–Crippen MR) is 64.4 cm³/mol. The number of rotatable bonds is 2. The third-order valence-corrected chi connectivity index (χ3v) is 3.00. The fourth-order valence-electron chi connectivity index (χ4n) is 2.14. The van der Waals surface area contributed by atoms with Crippen LogP contribution in [0, 0.1) is 0 Å². The largest absolute Gasteiger partial charge is 0.377 e. The molecule has 88 valence electrons. The first kappa shape index (κ1) is 11.4. The number of hydrogen-bond acceptors (Lipinski definition) is 4. The van der Waals surface area contributed by atoms with E-state index >= 15 is 0 Å². The molecule has 0 radical (unpaired) electrons. The van der Waals surface area contributed by atoms with E-state index in [1.54, 1.807) is 6.20 Å². The molecule has 1 saturated heterocycles. The Morgan fingerprint density at radius 3 is 3.06 bits per heavy atom. The molecule has 0 amide bonds. The van der Waals surface area contributed by atoms with Crippen LogP contribution in [0.5, 0.6) is 0 Å². The number of aromatic nitrogens is 1. The van der Waals surface area contributed by atoms with E-state index in [1.165, 1.54) is 0 Å². The van der Waals surface area contributed by atoms with Crippen molar-refractivity contribution >= 4 is 5.69 Å². The van der Waals surface area contributed by atoms with Crippen molar-refractivity contribution in [3.63, 3.8) is 0 Å². The molecule has 0 aliphatic carbocycles. The van der Waals surface area contributed by atoms with E-state index in [9.17, 15) is 0 Å². The van der Waals surface area contributed by atoms with Crippen LogP contribution in [0.4, 0.5) is 5.69 Å². The van der Waals surface area contributed by atoms with Crippen molar-refractivity contribution in [3.8, 4) is 0 Å². The minimum absolute atomic E-state index is 0.00516. The summed E-state index contributed by atoms with van der Waals surface area (Å²) in [6.07, 6.45) is 1.79. The van der Waals surface area contributed by atoms with Gasteiger partial charge in [0.1, 0.15) is 0 Å². The maximum atomic E-state index is 5.73. The predicted octanol–water partition coefficient (Wildman–Crippen LogP) is 1.16. The summed E-state index contributed by atoms with van der Waals surface area (Å²) in [5.41, 5.74) is 7.82. The van der Waals surface area contributed by atoms with E-state index in [1.807, 2.05) is 6.07 Å². The lowest BCUT2D eigenvalue weighted by molar-refractivity contribution is 0.0642. The normalized spacial score (nSPS) is 19.8. The minimum atomic E-state index is 0.00516. The molecule has 0 atom stereocenters. The molecule has 0 aromatic carbocycles. The van der Waals surface area contributed by atoms with Crippen LogP contribution in [-0.4, -0.2) is 30.3 Å². The number of hydrogen-bond donors (Lipinski definition) is 1. The highest BCUT2D eigenvalue weighted by molar-refractivity contribution is 5.53. The Kier molecular flexibility index (Phi) is 3.12.